The number of anilines is 1. The smallest absolute Gasteiger partial charge is 0.256 e. The van der Waals surface area contributed by atoms with Crippen LogP contribution in [-0.2, 0) is 18.0 Å². The summed E-state index contributed by atoms with van der Waals surface area (Å²) >= 11 is 0. The van der Waals surface area contributed by atoms with Crippen molar-refractivity contribution < 1.29 is 9.53 Å². The van der Waals surface area contributed by atoms with Crippen LogP contribution in [0.1, 0.15) is 24.2 Å². The highest BCUT2D eigenvalue weighted by molar-refractivity contribution is 6.13. The van der Waals surface area contributed by atoms with E-state index in [0.29, 0.717) is 30.3 Å². The lowest BCUT2D eigenvalue weighted by atomic mass is 10.0. The minimum absolute atomic E-state index is 0.219. The average Bonchev–Trinajstić information content (AvgIpc) is 3.40. The standard InChI is InChI=1S/C21H22N6O2/c1-3-26-12-15(10-22-26)20-9-18(17-7-5-6-8-19(17)25-20)21(28)24-16-11-23-27(13-16)14-29-4-2/h5-13H,3-4,14H2,1-2H3,(H,24,28). The van der Waals surface area contributed by atoms with Gasteiger partial charge in [0.15, 0.2) is 0 Å². The number of nitrogens with one attached hydrogen (secondary N) is 1. The molecule has 0 aliphatic rings. The summed E-state index contributed by atoms with van der Waals surface area (Å²) in [6, 6.07) is 9.41. The molecule has 0 saturated heterocycles. The number of benzene rings is 1. The van der Waals surface area contributed by atoms with Crippen molar-refractivity contribution in [1.82, 2.24) is 24.5 Å². The third-order valence-electron chi connectivity index (χ3n) is 4.53. The Hall–Kier alpha value is -3.52. The third kappa shape index (κ3) is 4.02. The van der Waals surface area contributed by atoms with E-state index in [0.717, 1.165) is 23.0 Å². The molecule has 3 heterocycles. The van der Waals surface area contributed by atoms with Gasteiger partial charge in [0.05, 0.1) is 41.1 Å². The second kappa shape index (κ2) is 8.24. The normalized spacial score (nSPS) is 11.1. The van der Waals surface area contributed by atoms with Gasteiger partial charge in [-0.05, 0) is 26.0 Å². The Bertz CT molecular complexity index is 1150. The Morgan fingerprint density at radius 2 is 1.93 bits per heavy atom. The van der Waals surface area contributed by atoms with Crippen LogP contribution in [0.4, 0.5) is 5.69 Å². The van der Waals surface area contributed by atoms with Gasteiger partial charge in [-0.15, -0.1) is 0 Å². The zero-order valence-electron chi connectivity index (χ0n) is 16.4. The van der Waals surface area contributed by atoms with E-state index in [1.165, 1.54) is 0 Å². The van der Waals surface area contributed by atoms with Gasteiger partial charge in [0.2, 0.25) is 0 Å². The van der Waals surface area contributed by atoms with Gasteiger partial charge in [0.1, 0.15) is 6.73 Å². The Labute approximate surface area is 168 Å². The molecule has 1 amide bonds. The summed E-state index contributed by atoms with van der Waals surface area (Å²) < 4.78 is 8.79. The largest absolute Gasteiger partial charge is 0.360 e. The first-order chi connectivity index (χ1) is 14.2. The molecule has 3 aromatic heterocycles. The first-order valence-electron chi connectivity index (χ1n) is 9.52. The summed E-state index contributed by atoms with van der Waals surface area (Å²) in [6.07, 6.45) is 7.03. The van der Waals surface area contributed by atoms with Crippen LogP contribution in [0.3, 0.4) is 0 Å². The molecule has 0 aliphatic carbocycles. The zero-order chi connectivity index (χ0) is 20.2. The molecule has 8 heteroatoms. The fourth-order valence-corrected chi connectivity index (χ4v) is 3.06. The molecule has 0 aliphatic heterocycles. The van der Waals surface area contributed by atoms with E-state index in [1.54, 1.807) is 29.3 Å². The molecular weight excluding hydrogens is 368 g/mol. The van der Waals surface area contributed by atoms with Crippen LogP contribution >= 0.6 is 0 Å². The molecule has 1 aromatic carbocycles. The average molecular weight is 390 g/mol. The van der Waals surface area contributed by atoms with Crippen molar-refractivity contribution in [3.05, 3.63) is 60.7 Å². The van der Waals surface area contributed by atoms with Gasteiger partial charge in [-0.2, -0.15) is 10.2 Å². The number of nitrogens with zero attached hydrogens (tertiary/aromatic N) is 5. The summed E-state index contributed by atoms with van der Waals surface area (Å²) in [5, 5.41) is 12.2. The molecule has 0 radical (unpaired) electrons. The Kier molecular flexibility index (Phi) is 5.35. The summed E-state index contributed by atoms with van der Waals surface area (Å²) in [4.78, 5) is 17.8. The topological polar surface area (TPSA) is 86.9 Å². The second-order valence-electron chi connectivity index (χ2n) is 6.50. The van der Waals surface area contributed by atoms with Gasteiger partial charge in [0, 0.05) is 30.3 Å². The van der Waals surface area contributed by atoms with E-state index >= 15 is 0 Å². The first kappa shape index (κ1) is 18.8. The Balaban J connectivity index is 1.68. The second-order valence-corrected chi connectivity index (χ2v) is 6.50. The van der Waals surface area contributed by atoms with Crippen molar-refractivity contribution in [1.29, 1.82) is 0 Å². The van der Waals surface area contributed by atoms with Crippen LogP contribution in [-0.4, -0.2) is 37.1 Å². The lowest BCUT2D eigenvalue weighted by Crippen LogP contribution is -2.12. The Morgan fingerprint density at radius 1 is 1.10 bits per heavy atom. The van der Waals surface area contributed by atoms with Gasteiger partial charge in [0.25, 0.3) is 5.91 Å². The van der Waals surface area contributed by atoms with E-state index in [9.17, 15) is 4.79 Å². The number of hydrogen-bond acceptors (Lipinski definition) is 5. The van der Waals surface area contributed by atoms with Crippen molar-refractivity contribution in [2.45, 2.75) is 27.1 Å². The van der Waals surface area contributed by atoms with Gasteiger partial charge in [-0.3, -0.25) is 9.48 Å². The van der Waals surface area contributed by atoms with Crippen LogP contribution in [0, 0.1) is 0 Å². The van der Waals surface area contributed by atoms with Crippen molar-refractivity contribution >= 4 is 22.5 Å². The number of hydrogen-bond donors (Lipinski definition) is 1. The molecule has 4 aromatic rings. The highest BCUT2D eigenvalue weighted by atomic mass is 16.5. The van der Waals surface area contributed by atoms with E-state index in [2.05, 4.69) is 15.5 Å². The molecule has 29 heavy (non-hydrogen) atoms. The fraction of sp³-hybridized carbons (Fsp3) is 0.238. The molecule has 1 N–H and O–H groups in total. The van der Waals surface area contributed by atoms with Crippen LogP contribution in [0.25, 0.3) is 22.2 Å². The number of carbonyl (C=O) groups excluding carboxylic acids is 1. The Morgan fingerprint density at radius 3 is 2.72 bits per heavy atom. The predicted octanol–water partition coefficient (Wildman–Crippen LogP) is 3.56. The monoisotopic (exact) mass is 390 g/mol. The van der Waals surface area contributed by atoms with Crippen molar-refractivity contribution in [3.63, 3.8) is 0 Å². The number of fused-ring (bicyclic) bond motifs is 1. The molecule has 8 nitrogen and oxygen atoms in total. The number of para-hydroxylation sites is 1. The third-order valence-corrected chi connectivity index (χ3v) is 4.53. The number of pyridine rings is 1. The number of aryl methyl sites for hydroxylation is 1. The van der Waals surface area contributed by atoms with Crippen LogP contribution in [0.5, 0.6) is 0 Å². The summed E-state index contributed by atoms with van der Waals surface area (Å²) in [5.74, 6) is -0.219. The SMILES string of the molecule is CCOCn1cc(NC(=O)c2cc(-c3cnn(CC)c3)nc3ccccc23)cn1. The lowest BCUT2D eigenvalue weighted by Gasteiger charge is -2.09. The van der Waals surface area contributed by atoms with Gasteiger partial charge in [-0.25, -0.2) is 9.67 Å². The molecule has 0 unspecified atom stereocenters. The lowest BCUT2D eigenvalue weighted by molar-refractivity contribution is 0.0792. The molecule has 0 fully saturated rings. The number of amides is 1. The predicted molar refractivity (Wildman–Crippen MR) is 110 cm³/mol. The van der Waals surface area contributed by atoms with E-state index in [-0.39, 0.29) is 5.91 Å². The number of rotatable bonds is 7. The summed E-state index contributed by atoms with van der Waals surface area (Å²) in [7, 11) is 0. The molecule has 148 valence electrons. The van der Waals surface area contributed by atoms with E-state index in [4.69, 9.17) is 9.72 Å². The molecule has 4 rings (SSSR count). The molecule has 0 spiro atoms. The zero-order valence-corrected chi connectivity index (χ0v) is 16.4. The molecular formula is C21H22N6O2. The van der Waals surface area contributed by atoms with Crippen molar-refractivity contribution in [3.8, 4) is 11.3 Å². The molecule has 0 bridgehead atoms. The number of aromatic nitrogens is 5. The summed E-state index contributed by atoms with van der Waals surface area (Å²) in [6.45, 7) is 5.66. The quantitative estimate of drug-likeness (QED) is 0.521. The van der Waals surface area contributed by atoms with Crippen LogP contribution in [0.15, 0.2) is 55.1 Å². The van der Waals surface area contributed by atoms with Crippen LogP contribution < -0.4 is 5.32 Å². The molecule has 0 saturated carbocycles. The maximum atomic E-state index is 13.1. The highest BCUT2D eigenvalue weighted by Gasteiger charge is 2.15. The van der Waals surface area contributed by atoms with Crippen LogP contribution in [0.2, 0.25) is 0 Å². The van der Waals surface area contributed by atoms with Crippen molar-refractivity contribution in [2.75, 3.05) is 11.9 Å². The number of carbonyl (C=O) groups is 1. The van der Waals surface area contributed by atoms with Crippen molar-refractivity contribution in [2.24, 2.45) is 0 Å². The minimum Gasteiger partial charge on any atom is -0.360 e. The van der Waals surface area contributed by atoms with E-state index in [1.807, 2.05) is 49.0 Å². The fourth-order valence-electron chi connectivity index (χ4n) is 3.06. The van der Waals surface area contributed by atoms with Gasteiger partial charge in [-0.1, -0.05) is 18.2 Å². The summed E-state index contributed by atoms with van der Waals surface area (Å²) in [5.41, 5.74) is 3.49. The maximum absolute atomic E-state index is 13.1. The number of ether oxygens (including phenoxy) is 1. The maximum Gasteiger partial charge on any atom is 0.256 e. The first-order valence-corrected chi connectivity index (χ1v) is 9.52. The molecule has 0 atom stereocenters. The minimum atomic E-state index is -0.219. The van der Waals surface area contributed by atoms with Gasteiger partial charge >= 0.3 is 0 Å². The van der Waals surface area contributed by atoms with E-state index < -0.39 is 0 Å². The van der Waals surface area contributed by atoms with Gasteiger partial charge < -0.3 is 10.1 Å². The highest BCUT2D eigenvalue weighted by Crippen LogP contribution is 2.25.